The minimum atomic E-state index is -0.140. The van der Waals surface area contributed by atoms with Crippen molar-refractivity contribution in [2.45, 2.75) is 51.2 Å². The first-order valence-electron chi connectivity index (χ1n) is 9.71. The van der Waals surface area contributed by atoms with Gasteiger partial charge in [-0.3, -0.25) is 4.79 Å². The summed E-state index contributed by atoms with van der Waals surface area (Å²) in [7, 11) is 0. The van der Waals surface area contributed by atoms with Gasteiger partial charge in [-0.25, -0.2) is 4.79 Å². The van der Waals surface area contributed by atoms with Gasteiger partial charge in [-0.05, 0) is 56.9 Å². The summed E-state index contributed by atoms with van der Waals surface area (Å²) in [4.78, 5) is 25.4. The number of urea groups is 1. The van der Waals surface area contributed by atoms with E-state index in [9.17, 15) is 9.59 Å². The number of nitrogens with one attached hydrogen (secondary N) is 2. The van der Waals surface area contributed by atoms with Gasteiger partial charge in [0.05, 0.1) is 18.3 Å². The number of carbonyl (C=O) groups excluding carboxylic acids is 2. The zero-order valence-corrected chi connectivity index (χ0v) is 16.1. The number of ether oxygens (including phenoxy) is 2. The van der Waals surface area contributed by atoms with Crippen LogP contribution in [-0.2, 0) is 9.53 Å². The third-order valence-electron chi connectivity index (χ3n) is 5.30. The summed E-state index contributed by atoms with van der Waals surface area (Å²) >= 11 is 0. The Balaban J connectivity index is 1.46. The highest BCUT2D eigenvalue weighted by atomic mass is 16.5. The van der Waals surface area contributed by atoms with Crippen LogP contribution in [0, 0.1) is 0 Å². The summed E-state index contributed by atoms with van der Waals surface area (Å²) in [5.74, 6) is 0.767. The molecule has 1 aromatic carbocycles. The van der Waals surface area contributed by atoms with Crippen molar-refractivity contribution in [1.29, 1.82) is 0 Å². The van der Waals surface area contributed by atoms with E-state index in [0.717, 1.165) is 37.1 Å². The maximum atomic E-state index is 12.5. The highest BCUT2D eigenvalue weighted by Gasteiger charge is 2.43. The van der Waals surface area contributed by atoms with E-state index in [1.807, 2.05) is 36.1 Å². The predicted molar refractivity (Wildman–Crippen MR) is 103 cm³/mol. The van der Waals surface area contributed by atoms with Crippen molar-refractivity contribution in [1.82, 2.24) is 10.2 Å². The second-order valence-electron chi connectivity index (χ2n) is 7.27. The Morgan fingerprint density at radius 3 is 2.56 bits per heavy atom. The van der Waals surface area contributed by atoms with Crippen molar-refractivity contribution < 1.29 is 19.1 Å². The molecule has 1 aromatic rings. The van der Waals surface area contributed by atoms with Crippen LogP contribution in [0.3, 0.4) is 0 Å². The summed E-state index contributed by atoms with van der Waals surface area (Å²) in [5.41, 5.74) is 0.621. The number of hydrogen-bond donors (Lipinski definition) is 2. The maximum Gasteiger partial charge on any atom is 0.321 e. The van der Waals surface area contributed by atoms with Gasteiger partial charge in [-0.2, -0.15) is 0 Å². The molecular formula is C20H29N3O4. The molecular weight excluding hydrogens is 346 g/mol. The summed E-state index contributed by atoms with van der Waals surface area (Å²) in [6.45, 7) is 6.00. The highest BCUT2D eigenvalue weighted by Crippen LogP contribution is 2.38. The Morgan fingerprint density at radius 1 is 1.22 bits per heavy atom. The molecule has 148 valence electrons. The number of carbonyl (C=O) groups is 2. The first kappa shape index (κ1) is 19.5. The van der Waals surface area contributed by atoms with Crippen LogP contribution in [0.2, 0.25) is 0 Å². The SMILES string of the molecule is CCOc1ccc(NC(=O)N2CCC3(CC[C@H](CNC(C)=O)O3)CC2)cc1. The van der Waals surface area contributed by atoms with Crippen LogP contribution in [0.25, 0.3) is 0 Å². The molecule has 1 spiro atoms. The minimum Gasteiger partial charge on any atom is -0.494 e. The van der Waals surface area contributed by atoms with Crippen LogP contribution in [0.4, 0.5) is 10.5 Å². The summed E-state index contributed by atoms with van der Waals surface area (Å²) in [5, 5.41) is 5.77. The standard InChI is InChI=1S/C20H29N3O4/c1-3-26-17-6-4-16(5-7-17)22-19(25)23-12-10-20(11-13-23)9-8-18(27-20)14-21-15(2)24/h4-7,18H,3,8-14H2,1-2H3,(H,21,24)(H,22,25)/t18-/m1/s1. The molecule has 27 heavy (non-hydrogen) atoms. The van der Waals surface area contributed by atoms with E-state index >= 15 is 0 Å². The number of anilines is 1. The lowest BCUT2D eigenvalue weighted by Crippen LogP contribution is -2.48. The van der Waals surface area contributed by atoms with Gasteiger partial charge in [0.1, 0.15) is 5.75 Å². The van der Waals surface area contributed by atoms with Crippen LogP contribution in [-0.4, -0.2) is 54.8 Å². The van der Waals surface area contributed by atoms with Gasteiger partial charge >= 0.3 is 6.03 Å². The van der Waals surface area contributed by atoms with Crippen molar-refractivity contribution >= 4 is 17.6 Å². The van der Waals surface area contributed by atoms with Gasteiger partial charge in [0.25, 0.3) is 0 Å². The van der Waals surface area contributed by atoms with Gasteiger partial charge in [0, 0.05) is 32.2 Å². The Hall–Kier alpha value is -2.28. The summed E-state index contributed by atoms with van der Waals surface area (Å²) in [6.07, 6.45) is 3.70. The molecule has 2 N–H and O–H groups in total. The number of piperidine rings is 1. The molecule has 7 heteroatoms. The lowest BCUT2D eigenvalue weighted by Gasteiger charge is -2.39. The Morgan fingerprint density at radius 2 is 1.93 bits per heavy atom. The van der Waals surface area contributed by atoms with E-state index in [2.05, 4.69) is 10.6 Å². The van der Waals surface area contributed by atoms with Crippen LogP contribution in [0.15, 0.2) is 24.3 Å². The average Bonchev–Trinajstić information content (AvgIpc) is 3.05. The molecule has 3 rings (SSSR count). The van der Waals surface area contributed by atoms with E-state index < -0.39 is 0 Å². The number of nitrogens with zero attached hydrogens (tertiary/aromatic N) is 1. The van der Waals surface area contributed by atoms with E-state index in [1.165, 1.54) is 6.92 Å². The lowest BCUT2D eigenvalue weighted by atomic mass is 9.88. The molecule has 0 saturated carbocycles. The van der Waals surface area contributed by atoms with Crippen molar-refractivity contribution in [2.75, 3.05) is 31.6 Å². The molecule has 2 saturated heterocycles. The molecule has 1 atom stereocenters. The molecule has 0 aliphatic carbocycles. The van der Waals surface area contributed by atoms with Gasteiger partial charge in [0.15, 0.2) is 0 Å². The van der Waals surface area contributed by atoms with E-state index in [0.29, 0.717) is 26.2 Å². The molecule has 2 aliphatic rings. The number of likely N-dealkylation sites (tertiary alicyclic amines) is 1. The van der Waals surface area contributed by atoms with Crippen molar-refractivity contribution in [3.05, 3.63) is 24.3 Å². The van der Waals surface area contributed by atoms with E-state index in [1.54, 1.807) is 0 Å². The van der Waals surface area contributed by atoms with Gasteiger partial charge in [-0.15, -0.1) is 0 Å². The van der Waals surface area contributed by atoms with Crippen molar-refractivity contribution in [3.63, 3.8) is 0 Å². The molecule has 0 bridgehead atoms. The second-order valence-corrected chi connectivity index (χ2v) is 7.27. The quantitative estimate of drug-likeness (QED) is 0.829. The average molecular weight is 375 g/mol. The fraction of sp³-hybridized carbons (Fsp3) is 0.600. The number of amides is 3. The van der Waals surface area contributed by atoms with Gasteiger partial charge in [-0.1, -0.05) is 0 Å². The van der Waals surface area contributed by atoms with Crippen molar-refractivity contribution in [2.24, 2.45) is 0 Å². The molecule has 0 radical (unpaired) electrons. The fourth-order valence-corrected chi connectivity index (χ4v) is 3.79. The number of hydrogen-bond acceptors (Lipinski definition) is 4. The summed E-state index contributed by atoms with van der Waals surface area (Å²) in [6, 6.07) is 7.32. The van der Waals surface area contributed by atoms with Gasteiger partial charge < -0.3 is 25.0 Å². The van der Waals surface area contributed by atoms with Crippen LogP contribution < -0.4 is 15.4 Å². The number of benzene rings is 1. The molecule has 0 unspecified atom stereocenters. The van der Waals surface area contributed by atoms with Crippen molar-refractivity contribution in [3.8, 4) is 5.75 Å². The fourth-order valence-electron chi connectivity index (χ4n) is 3.79. The first-order valence-corrected chi connectivity index (χ1v) is 9.71. The minimum absolute atomic E-state index is 0.0275. The Kier molecular flexibility index (Phi) is 6.21. The topological polar surface area (TPSA) is 79.9 Å². The smallest absolute Gasteiger partial charge is 0.321 e. The highest BCUT2D eigenvalue weighted by molar-refractivity contribution is 5.89. The molecule has 2 heterocycles. The molecule has 2 aliphatic heterocycles. The monoisotopic (exact) mass is 375 g/mol. The number of rotatable bonds is 5. The van der Waals surface area contributed by atoms with Gasteiger partial charge in [0.2, 0.25) is 5.91 Å². The normalized spacial score (nSPS) is 21.1. The lowest BCUT2D eigenvalue weighted by molar-refractivity contribution is -0.120. The largest absolute Gasteiger partial charge is 0.494 e. The second kappa shape index (κ2) is 8.61. The zero-order valence-electron chi connectivity index (χ0n) is 16.1. The zero-order chi connectivity index (χ0) is 19.3. The predicted octanol–water partition coefficient (Wildman–Crippen LogP) is 2.77. The van der Waals surface area contributed by atoms with Crippen LogP contribution in [0.5, 0.6) is 5.75 Å². The van der Waals surface area contributed by atoms with Crippen LogP contribution >= 0.6 is 0 Å². The molecule has 0 aromatic heterocycles. The summed E-state index contributed by atoms with van der Waals surface area (Å²) < 4.78 is 11.7. The maximum absolute atomic E-state index is 12.5. The Bertz CT molecular complexity index is 654. The molecule has 3 amide bonds. The molecule has 7 nitrogen and oxygen atoms in total. The first-order chi connectivity index (χ1) is 13.0. The van der Waals surface area contributed by atoms with Crippen LogP contribution in [0.1, 0.15) is 39.5 Å². The molecule has 2 fully saturated rings. The third-order valence-corrected chi connectivity index (χ3v) is 5.30. The third kappa shape index (κ3) is 5.13. The van der Waals surface area contributed by atoms with E-state index in [-0.39, 0.29) is 23.6 Å². The Labute approximate surface area is 160 Å². The van der Waals surface area contributed by atoms with E-state index in [4.69, 9.17) is 9.47 Å².